The minimum Gasteiger partial charge on any atom is -0.451 e. The Morgan fingerprint density at radius 1 is 0.426 bits per heavy atom. The number of furan rings is 1. The largest absolute Gasteiger partial charge is 0.451 e. The number of nitrogens with zero attached hydrogens (tertiary/aromatic N) is 2. The van der Waals surface area contributed by atoms with Crippen molar-refractivity contribution in [1.29, 1.82) is 0 Å². The van der Waals surface area contributed by atoms with E-state index in [2.05, 4.69) is 216 Å². The molecule has 10 aromatic rings. The van der Waals surface area contributed by atoms with E-state index in [1.165, 1.54) is 33.4 Å². The molecule has 54 heavy (non-hydrogen) atoms. The van der Waals surface area contributed by atoms with Gasteiger partial charge in [0.25, 0.3) is 0 Å². The summed E-state index contributed by atoms with van der Waals surface area (Å²) in [6.45, 7) is 0. The van der Waals surface area contributed by atoms with Crippen molar-refractivity contribution in [2.24, 2.45) is 0 Å². The minimum atomic E-state index is -0.509. The van der Waals surface area contributed by atoms with Gasteiger partial charge in [0.05, 0.1) is 16.6 Å². The number of anilines is 3. The first-order valence-corrected chi connectivity index (χ1v) is 18.5. The molecule has 1 aliphatic rings. The first-order valence-electron chi connectivity index (χ1n) is 18.5. The van der Waals surface area contributed by atoms with Gasteiger partial charge in [0.15, 0.2) is 11.2 Å². The molecule has 0 spiro atoms. The fourth-order valence-electron chi connectivity index (χ4n) is 9.09. The zero-order valence-electron chi connectivity index (χ0n) is 29.4. The molecule has 0 aliphatic heterocycles. The van der Waals surface area contributed by atoms with Crippen LogP contribution in [0.4, 0.5) is 17.1 Å². The van der Waals surface area contributed by atoms with E-state index < -0.39 is 5.41 Å². The van der Waals surface area contributed by atoms with Gasteiger partial charge in [0.2, 0.25) is 0 Å². The van der Waals surface area contributed by atoms with Crippen LogP contribution in [0.5, 0.6) is 0 Å². The molecule has 0 N–H and O–H groups in total. The lowest BCUT2D eigenvalue weighted by atomic mass is 9.67. The summed E-state index contributed by atoms with van der Waals surface area (Å²) in [5, 5.41) is 2.16. The molecule has 0 atom stereocenters. The molecule has 0 fully saturated rings. The second kappa shape index (κ2) is 12.0. The first-order chi connectivity index (χ1) is 26.8. The number of benzene rings is 8. The molecule has 1 aliphatic carbocycles. The summed E-state index contributed by atoms with van der Waals surface area (Å²) in [6, 6.07) is 74.3. The number of fused-ring (bicyclic) bond motifs is 8. The van der Waals surface area contributed by atoms with Crippen molar-refractivity contribution in [2.75, 3.05) is 4.90 Å². The molecule has 0 saturated carbocycles. The van der Waals surface area contributed by atoms with Crippen molar-refractivity contribution in [3.05, 3.63) is 229 Å². The average Bonchev–Trinajstić information content (AvgIpc) is 3.89. The fraction of sp³-hybridized carbons (Fsp3) is 0.0196. The van der Waals surface area contributed by atoms with Crippen LogP contribution in [0.1, 0.15) is 22.3 Å². The van der Waals surface area contributed by atoms with E-state index in [1.54, 1.807) is 0 Å². The topological polar surface area (TPSA) is 21.3 Å². The highest BCUT2D eigenvalue weighted by Crippen LogP contribution is 2.56. The predicted molar refractivity (Wildman–Crippen MR) is 223 cm³/mol. The summed E-state index contributed by atoms with van der Waals surface area (Å²) >= 11 is 0. The highest BCUT2D eigenvalue weighted by atomic mass is 16.3. The van der Waals surface area contributed by atoms with Gasteiger partial charge in [0, 0.05) is 27.8 Å². The third-order valence-electron chi connectivity index (χ3n) is 11.2. The number of rotatable bonds is 6. The van der Waals surface area contributed by atoms with Gasteiger partial charge in [-0.3, -0.25) is 0 Å². The maximum Gasteiger partial charge on any atom is 0.161 e. The maximum absolute atomic E-state index is 7.07. The average molecular weight is 691 g/mol. The van der Waals surface area contributed by atoms with Gasteiger partial charge in [-0.15, -0.1) is 0 Å². The molecule has 8 aromatic carbocycles. The molecule has 0 saturated heterocycles. The third-order valence-corrected chi connectivity index (χ3v) is 11.2. The number of para-hydroxylation sites is 4. The van der Waals surface area contributed by atoms with Crippen LogP contribution in [0.3, 0.4) is 0 Å². The Morgan fingerprint density at radius 3 is 1.72 bits per heavy atom. The normalized spacial score (nSPS) is 13.0. The zero-order chi connectivity index (χ0) is 35.6. The van der Waals surface area contributed by atoms with Crippen molar-refractivity contribution >= 4 is 50.0 Å². The van der Waals surface area contributed by atoms with Gasteiger partial charge >= 0.3 is 0 Å². The lowest BCUT2D eigenvalue weighted by Crippen LogP contribution is -2.28. The standard InChI is InChI=1S/C51H34N2O/c1-4-18-35(19-5-1)51(44-30-13-10-26-40(44)41-27-11-14-31-45(41)51)36-20-16-25-39(34-36)52(37-21-6-2-7-22-37)47-33-17-29-43-48-50(54-49(43)47)42-28-12-15-32-46(42)53(48)38-23-8-3-9-24-38/h1-34H. The summed E-state index contributed by atoms with van der Waals surface area (Å²) in [5.74, 6) is 0. The maximum atomic E-state index is 7.07. The second-order valence-corrected chi connectivity index (χ2v) is 14.1. The Hall–Kier alpha value is -7.10. The monoisotopic (exact) mass is 690 g/mol. The van der Waals surface area contributed by atoms with Crippen molar-refractivity contribution in [2.45, 2.75) is 5.41 Å². The van der Waals surface area contributed by atoms with Crippen molar-refractivity contribution in [1.82, 2.24) is 4.57 Å². The first kappa shape index (κ1) is 30.5. The van der Waals surface area contributed by atoms with Crippen molar-refractivity contribution < 1.29 is 4.42 Å². The number of hydrogen-bond acceptors (Lipinski definition) is 2. The van der Waals surface area contributed by atoms with E-state index in [1.807, 2.05) is 0 Å². The molecule has 3 heteroatoms. The van der Waals surface area contributed by atoms with Crippen LogP contribution in [-0.2, 0) is 5.41 Å². The predicted octanol–water partition coefficient (Wildman–Crippen LogP) is 13.4. The van der Waals surface area contributed by atoms with Crippen LogP contribution in [-0.4, -0.2) is 4.57 Å². The van der Waals surface area contributed by atoms with E-state index in [0.29, 0.717) is 0 Å². The van der Waals surface area contributed by atoms with Gasteiger partial charge < -0.3 is 13.9 Å². The van der Waals surface area contributed by atoms with Crippen molar-refractivity contribution in [3.8, 4) is 16.8 Å². The van der Waals surface area contributed by atoms with Gasteiger partial charge in [0.1, 0.15) is 5.52 Å². The molecule has 11 rings (SSSR count). The Labute approximate surface area is 313 Å². The summed E-state index contributed by atoms with van der Waals surface area (Å²) in [6.07, 6.45) is 0. The molecule has 254 valence electrons. The van der Waals surface area contributed by atoms with E-state index in [9.17, 15) is 0 Å². The van der Waals surface area contributed by atoms with Crippen LogP contribution >= 0.6 is 0 Å². The Balaban J connectivity index is 1.19. The van der Waals surface area contributed by atoms with E-state index >= 15 is 0 Å². The molecule has 3 nitrogen and oxygen atoms in total. The van der Waals surface area contributed by atoms with Crippen LogP contribution in [0.2, 0.25) is 0 Å². The van der Waals surface area contributed by atoms with Gasteiger partial charge in [-0.2, -0.15) is 0 Å². The lowest BCUT2D eigenvalue weighted by Gasteiger charge is -2.35. The molecule has 2 aromatic heterocycles. The van der Waals surface area contributed by atoms with Crippen LogP contribution in [0.15, 0.2) is 211 Å². The highest BCUT2D eigenvalue weighted by Gasteiger charge is 2.46. The highest BCUT2D eigenvalue weighted by molar-refractivity contribution is 6.18. The molecular weight excluding hydrogens is 657 g/mol. The molecule has 2 heterocycles. The van der Waals surface area contributed by atoms with Gasteiger partial charge in [-0.25, -0.2) is 0 Å². The number of aromatic nitrogens is 1. The van der Waals surface area contributed by atoms with E-state index in [0.717, 1.165) is 55.7 Å². The Bertz CT molecular complexity index is 2950. The third kappa shape index (κ3) is 4.30. The SMILES string of the molecule is c1ccc(N(c2cccc(C3(c4ccccc4)c4ccccc4-c4ccccc43)c2)c2cccc3c2oc2c4ccccc4n(-c4ccccc4)c32)cc1. The fourth-order valence-corrected chi connectivity index (χ4v) is 9.09. The smallest absolute Gasteiger partial charge is 0.161 e. The molecule has 0 unspecified atom stereocenters. The summed E-state index contributed by atoms with van der Waals surface area (Å²) in [4.78, 5) is 2.36. The minimum absolute atomic E-state index is 0.509. The summed E-state index contributed by atoms with van der Waals surface area (Å²) in [5.41, 5.74) is 15.2. The molecular formula is C51H34N2O. The molecule has 0 bridgehead atoms. The van der Waals surface area contributed by atoms with E-state index in [-0.39, 0.29) is 0 Å². The van der Waals surface area contributed by atoms with Gasteiger partial charge in [-0.05, 0) is 94.0 Å². The van der Waals surface area contributed by atoms with Crippen LogP contribution in [0.25, 0.3) is 49.8 Å². The molecule has 0 amide bonds. The van der Waals surface area contributed by atoms with Gasteiger partial charge in [-0.1, -0.05) is 146 Å². The summed E-state index contributed by atoms with van der Waals surface area (Å²) in [7, 11) is 0. The lowest BCUT2D eigenvalue weighted by molar-refractivity contribution is 0.673. The van der Waals surface area contributed by atoms with Crippen LogP contribution < -0.4 is 4.90 Å². The zero-order valence-corrected chi connectivity index (χ0v) is 29.4. The van der Waals surface area contributed by atoms with E-state index in [4.69, 9.17) is 4.42 Å². The second-order valence-electron chi connectivity index (χ2n) is 14.1. The Kier molecular flexibility index (Phi) is 6.77. The number of hydrogen-bond donors (Lipinski definition) is 0. The Morgan fingerprint density at radius 2 is 0.981 bits per heavy atom. The quantitative estimate of drug-likeness (QED) is 0.173. The van der Waals surface area contributed by atoms with Crippen molar-refractivity contribution in [3.63, 3.8) is 0 Å². The van der Waals surface area contributed by atoms with Crippen LogP contribution in [0, 0.1) is 0 Å². The molecule has 0 radical (unpaired) electrons. The summed E-state index contributed by atoms with van der Waals surface area (Å²) < 4.78 is 9.41.